The zero-order valence-electron chi connectivity index (χ0n) is 10.4. The first-order valence-electron chi connectivity index (χ1n) is 5.79. The van der Waals surface area contributed by atoms with Gasteiger partial charge in [-0.25, -0.2) is 0 Å². The van der Waals surface area contributed by atoms with Crippen LogP contribution in [0.3, 0.4) is 0 Å². The number of hydrogen-bond acceptors (Lipinski definition) is 2. The molecule has 0 heterocycles. The van der Waals surface area contributed by atoms with Gasteiger partial charge in [0.2, 0.25) is 5.60 Å². The lowest BCUT2D eigenvalue weighted by Gasteiger charge is -2.36. The smallest absolute Gasteiger partial charge is 0.375 e. The van der Waals surface area contributed by atoms with E-state index in [1.54, 1.807) is 19.9 Å². The highest BCUT2D eigenvalue weighted by molar-refractivity contribution is 5.26. The maximum Gasteiger partial charge on any atom is 0.422 e. The summed E-state index contributed by atoms with van der Waals surface area (Å²) in [4.78, 5) is 0. The fourth-order valence-corrected chi connectivity index (χ4v) is 1.96. The predicted octanol–water partition coefficient (Wildman–Crippen LogP) is 2.81. The molecular weight excluding hydrogens is 243 g/mol. The van der Waals surface area contributed by atoms with Gasteiger partial charge in [0, 0.05) is 6.04 Å². The Hall–Kier alpha value is -1.07. The second-order valence-corrected chi connectivity index (χ2v) is 4.87. The van der Waals surface area contributed by atoms with E-state index >= 15 is 0 Å². The van der Waals surface area contributed by atoms with E-state index < -0.39 is 17.8 Å². The van der Waals surface area contributed by atoms with Crippen molar-refractivity contribution in [1.29, 1.82) is 0 Å². The van der Waals surface area contributed by atoms with Gasteiger partial charge in [0.05, 0.1) is 0 Å². The normalized spacial score (nSPS) is 17.6. The molecule has 0 saturated carbocycles. The second-order valence-electron chi connectivity index (χ2n) is 4.87. The Morgan fingerprint density at radius 1 is 1.17 bits per heavy atom. The van der Waals surface area contributed by atoms with E-state index in [4.69, 9.17) is 5.73 Å². The highest BCUT2D eigenvalue weighted by Crippen LogP contribution is 2.42. The Kier molecular flexibility index (Phi) is 4.40. The van der Waals surface area contributed by atoms with E-state index in [1.165, 1.54) is 24.3 Å². The van der Waals surface area contributed by atoms with Crippen molar-refractivity contribution in [2.45, 2.75) is 38.1 Å². The number of aliphatic hydroxyl groups is 1. The van der Waals surface area contributed by atoms with Crippen LogP contribution in [-0.4, -0.2) is 17.3 Å². The molecule has 2 atom stereocenters. The molecule has 0 saturated heterocycles. The molecule has 1 rings (SSSR count). The second kappa shape index (κ2) is 5.28. The van der Waals surface area contributed by atoms with Crippen LogP contribution < -0.4 is 5.73 Å². The average molecular weight is 261 g/mol. The third kappa shape index (κ3) is 2.84. The SMILES string of the molecule is CC(C)CC(N)C(O)(c1ccccc1)C(F)(F)F. The van der Waals surface area contributed by atoms with Crippen LogP contribution in [-0.2, 0) is 5.60 Å². The lowest BCUT2D eigenvalue weighted by molar-refractivity contribution is -0.275. The van der Waals surface area contributed by atoms with Gasteiger partial charge >= 0.3 is 6.18 Å². The van der Waals surface area contributed by atoms with Crippen LogP contribution in [0, 0.1) is 5.92 Å². The topological polar surface area (TPSA) is 46.2 Å². The van der Waals surface area contributed by atoms with Crippen molar-refractivity contribution in [3.05, 3.63) is 35.9 Å². The third-order valence-electron chi connectivity index (χ3n) is 2.91. The number of halogens is 3. The van der Waals surface area contributed by atoms with Crippen molar-refractivity contribution < 1.29 is 18.3 Å². The molecule has 5 heteroatoms. The van der Waals surface area contributed by atoms with Crippen LogP contribution in [0.4, 0.5) is 13.2 Å². The van der Waals surface area contributed by atoms with Crippen molar-refractivity contribution in [3.8, 4) is 0 Å². The van der Waals surface area contributed by atoms with E-state index in [2.05, 4.69) is 0 Å². The molecule has 1 aromatic carbocycles. The van der Waals surface area contributed by atoms with Gasteiger partial charge in [0.15, 0.2) is 0 Å². The summed E-state index contributed by atoms with van der Waals surface area (Å²) in [5.41, 5.74) is 2.38. The summed E-state index contributed by atoms with van der Waals surface area (Å²) in [6.07, 6.45) is -4.71. The molecular formula is C13H18F3NO. The van der Waals surface area contributed by atoms with Crippen LogP contribution in [0.2, 0.25) is 0 Å². The molecule has 0 aliphatic carbocycles. The predicted molar refractivity (Wildman–Crippen MR) is 63.8 cm³/mol. The van der Waals surface area contributed by atoms with Crippen molar-refractivity contribution in [1.82, 2.24) is 0 Å². The minimum absolute atomic E-state index is 0.0300. The molecule has 0 spiro atoms. The van der Waals surface area contributed by atoms with Gasteiger partial charge in [0.25, 0.3) is 0 Å². The molecule has 102 valence electrons. The molecule has 0 aliphatic rings. The van der Waals surface area contributed by atoms with Crippen LogP contribution >= 0.6 is 0 Å². The van der Waals surface area contributed by atoms with Crippen LogP contribution in [0.1, 0.15) is 25.8 Å². The molecule has 0 aromatic heterocycles. The molecule has 0 bridgehead atoms. The zero-order valence-corrected chi connectivity index (χ0v) is 10.4. The highest BCUT2D eigenvalue weighted by atomic mass is 19.4. The molecule has 18 heavy (non-hydrogen) atoms. The Morgan fingerprint density at radius 3 is 2.06 bits per heavy atom. The van der Waals surface area contributed by atoms with Gasteiger partial charge in [-0.2, -0.15) is 13.2 Å². The zero-order chi connectivity index (χ0) is 14.0. The number of rotatable bonds is 4. The maximum absolute atomic E-state index is 13.2. The summed E-state index contributed by atoms with van der Waals surface area (Å²) in [7, 11) is 0. The Labute approximate surface area is 105 Å². The monoisotopic (exact) mass is 261 g/mol. The molecule has 3 N–H and O–H groups in total. The van der Waals surface area contributed by atoms with E-state index in [0.29, 0.717) is 0 Å². The lowest BCUT2D eigenvalue weighted by atomic mass is 9.82. The van der Waals surface area contributed by atoms with Crippen LogP contribution in [0.15, 0.2) is 30.3 Å². The number of benzene rings is 1. The number of alkyl halides is 3. The van der Waals surface area contributed by atoms with Gasteiger partial charge in [-0.3, -0.25) is 0 Å². The summed E-state index contributed by atoms with van der Waals surface area (Å²) >= 11 is 0. The fraction of sp³-hybridized carbons (Fsp3) is 0.538. The molecule has 1 aromatic rings. The fourth-order valence-electron chi connectivity index (χ4n) is 1.96. The lowest BCUT2D eigenvalue weighted by Crippen LogP contribution is -2.56. The van der Waals surface area contributed by atoms with E-state index in [0.717, 1.165) is 0 Å². The first kappa shape index (κ1) is 15.0. The van der Waals surface area contributed by atoms with Crippen molar-refractivity contribution in [2.24, 2.45) is 11.7 Å². The maximum atomic E-state index is 13.2. The van der Waals surface area contributed by atoms with Gasteiger partial charge in [0.1, 0.15) is 0 Å². The molecule has 0 amide bonds. The summed E-state index contributed by atoms with van der Waals surface area (Å²) in [5.74, 6) is -0.0300. The standard InChI is InChI=1S/C13H18F3NO/c1-9(2)8-11(17)12(18,13(14,15)16)10-6-4-3-5-7-10/h3-7,9,11,18H,8,17H2,1-2H3. The van der Waals surface area contributed by atoms with Crippen LogP contribution in [0.5, 0.6) is 0 Å². The first-order chi connectivity index (χ1) is 8.19. The minimum Gasteiger partial charge on any atom is -0.375 e. The molecule has 0 radical (unpaired) electrons. The number of nitrogens with two attached hydrogens (primary N) is 1. The Bertz CT molecular complexity index is 378. The van der Waals surface area contributed by atoms with Gasteiger partial charge in [-0.15, -0.1) is 0 Å². The molecule has 0 fully saturated rings. The summed E-state index contributed by atoms with van der Waals surface area (Å²) in [6, 6.07) is 5.60. The highest BCUT2D eigenvalue weighted by Gasteiger charge is 2.58. The van der Waals surface area contributed by atoms with Crippen LogP contribution in [0.25, 0.3) is 0 Å². The summed E-state index contributed by atoms with van der Waals surface area (Å²) in [5, 5.41) is 10.1. The molecule has 2 unspecified atom stereocenters. The molecule has 2 nitrogen and oxygen atoms in total. The Balaban J connectivity index is 3.20. The third-order valence-corrected chi connectivity index (χ3v) is 2.91. The largest absolute Gasteiger partial charge is 0.422 e. The minimum atomic E-state index is -4.80. The summed E-state index contributed by atoms with van der Waals surface area (Å²) in [6.45, 7) is 3.53. The van der Waals surface area contributed by atoms with Crippen molar-refractivity contribution in [2.75, 3.05) is 0 Å². The van der Waals surface area contributed by atoms with E-state index in [9.17, 15) is 18.3 Å². The van der Waals surface area contributed by atoms with Crippen molar-refractivity contribution in [3.63, 3.8) is 0 Å². The summed E-state index contributed by atoms with van der Waals surface area (Å²) < 4.78 is 39.5. The Morgan fingerprint density at radius 2 is 1.67 bits per heavy atom. The molecule has 0 aliphatic heterocycles. The van der Waals surface area contributed by atoms with Crippen molar-refractivity contribution >= 4 is 0 Å². The number of hydrogen-bond donors (Lipinski definition) is 2. The average Bonchev–Trinajstić information content (AvgIpc) is 2.26. The van der Waals surface area contributed by atoms with E-state index in [1.807, 2.05) is 0 Å². The van der Waals surface area contributed by atoms with Gasteiger partial charge in [-0.05, 0) is 17.9 Å². The first-order valence-corrected chi connectivity index (χ1v) is 5.79. The van der Waals surface area contributed by atoms with Gasteiger partial charge in [-0.1, -0.05) is 44.2 Å². The quantitative estimate of drug-likeness (QED) is 0.875. The van der Waals surface area contributed by atoms with E-state index in [-0.39, 0.29) is 17.9 Å². The van der Waals surface area contributed by atoms with Gasteiger partial charge < -0.3 is 10.8 Å².